The largest absolute Gasteiger partial charge is 0.300 e. The molecule has 8 aromatic rings. The van der Waals surface area contributed by atoms with E-state index in [4.69, 9.17) is 5.41 Å². The molecular formula is C50H37N. The molecule has 242 valence electrons. The lowest BCUT2D eigenvalue weighted by Gasteiger charge is -2.20. The number of hydrogen-bond acceptors (Lipinski definition) is 1. The molecule has 0 aliphatic heterocycles. The van der Waals surface area contributed by atoms with Crippen LogP contribution in [0.15, 0.2) is 212 Å². The second kappa shape index (κ2) is 14.5. The molecule has 0 aromatic heterocycles. The lowest BCUT2D eigenvalue weighted by molar-refractivity contribution is 0.978. The van der Waals surface area contributed by atoms with Gasteiger partial charge in [-0.05, 0) is 78.1 Å². The Kier molecular flexibility index (Phi) is 9.01. The Hall–Kier alpha value is -6.57. The fourth-order valence-electron chi connectivity index (χ4n) is 7.16. The third kappa shape index (κ3) is 6.71. The quantitative estimate of drug-likeness (QED) is 0.119. The molecule has 0 atom stereocenters. The van der Waals surface area contributed by atoms with Crippen LogP contribution in [0.2, 0.25) is 0 Å². The van der Waals surface area contributed by atoms with Crippen molar-refractivity contribution in [3.8, 4) is 22.3 Å². The smallest absolute Gasteiger partial charge is 0.0618 e. The van der Waals surface area contributed by atoms with Gasteiger partial charge < -0.3 is 5.41 Å². The maximum absolute atomic E-state index is 8.91. The van der Waals surface area contributed by atoms with Crippen LogP contribution in [0.5, 0.6) is 0 Å². The van der Waals surface area contributed by atoms with Gasteiger partial charge in [0, 0.05) is 5.92 Å². The van der Waals surface area contributed by atoms with Crippen LogP contribution in [0.3, 0.4) is 0 Å². The SMILES string of the molecule is N=C(/C=C(/c1ccccc1)c1ccc(-c2c(-c3ccc(C(c4ccccc4)c4ccccc4)cc3)ccc3ccccc23)cc1)c1ccccc1. The molecule has 8 aromatic carbocycles. The fourth-order valence-corrected chi connectivity index (χ4v) is 7.16. The average molecular weight is 652 g/mol. The first-order valence-corrected chi connectivity index (χ1v) is 17.5. The predicted molar refractivity (Wildman–Crippen MR) is 215 cm³/mol. The summed E-state index contributed by atoms with van der Waals surface area (Å²) in [7, 11) is 0. The Morgan fingerprint density at radius 3 is 1.47 bits per heavy atom. The molecule has 0 fully saturated rings. The molecular weight excluding hydrogens is 615 g/mol. The Labute approximate surface area is 300 Å². The first-order chi connectivity index (χ1) is 25.2. The third-order valence-electron chi connectivity index (χ3n) is 9.69. The highest BCUT2D eigenvalue weighted by Gasteiger charge is 2.18. The van der Waals surface area contributed by atoms with Crippen molar-refractivity contribution in [1.82, 2.24) is 0 Å². The highest BCUT2D eigenvalue weighted by Crippen LogP contribution is 2.40. The monoisotopic (exact) mass is 651 g/mol. The molecule has 0 aliphatic rings. The standard InChI is InChI=1S/C50H37N/c51-48(40-18-7-2-8-19-40)35-47(36-15-5-1-6-16-36)39-27-31-44(32-28-39)50-45-24-14-13-17-37(45)33-34-46(50)38-25-29-43(30-26-38)49(41-20-9-3-10-21-41)42-22-11-4-12-23-42/h1-35,49,51H/b47-35-,51-48?. The van der Waals surface area contributed by atoms with Crippen LogP contribution in [0.4, 0.5) is 0 Å². The molecule has 0 heterocycles. The lowest BCUT2D eigenvalue weighted by Crippen LogP contribution is -2.03. The maximum Gasteiger partial charge on any atom is 0.0618 e. The summed E-state index contributed by atoms with van der Waals surface area (Å²) >= 11 is 0. The minimum absolute atomic E-state index is 0.153. The second-order valence-corrected chi connectivity index (χ2v) is 12.9. The van der Waals surface area contributed by atoms with Crippen LogP contribution in [0.1, 0.15) is 39.3 Å². The summed E-state index contributed by atoms with van der Waals surface area (Å²) < 4.78 is 0. The van der Waals surface area contributed by atoms with Gasteiger partial charge in [-0.25, -0.2) is 0 Å². The van der Waals surface area contributed by atoms with Gasteiger partial charge in [0.25, 0.3) is 0 Å². The minimum Gasteiger partial charge on any atom is -0.300 e. The molecule has 0 unspecified atom stereocenters. The molecule has 0 bridgehead atoms. The molecule has 0 aliphatic carbocycles. The van der Waals surface area contributed by atoms with E-state index in [2.05, 4.69) is 170 Å². The molecule has 0 spiro atoms. The van der Waals surface area contributed by atoms with Gasteiger partial charge in [-0.2, -0.15) is 0 Å². The summed E-state index contributed by atoms with van der Waals surface area (Å²) in [5.74, 6) is 0.153. The summed E-state index contributed by atoms with van der Waals surface area (Å²) in [6.07, 6.45) is 1.99. The minimum atomic E-state index is 0.153. The first kappa shape index (κ1) is 31.7. The van der Waals surface area contributed by atoms with Gasteiger partial charge in [0.05, 0.1) is 5.71 Å². The van der Waals surface area contributed by atoms with E-state index in [9.17, 15) is 0 Å². The zero-order chi connectivity index (χ0) is 34.4. The summed E-state index contributed by atoms with van der Waals surface area (Å²) in [5, 5.41) is 11.4. The first-order valence-electron chi connectivity index (χ1n) is 17.5. The highest BCUT2D eigenvalue weighted by molar-refractivity contribution is 6.12. The van der Waals surface area contributed by atoms with Gasteiger partial charge in [-0.3, -0.25) is 0 Å². The van der Waals surface area contributed by atoms with Crippen LogP contribution in [-0.4, -0.2) is 5.71 Å². The molecule has 0 radical (unpaired) electrons. The van der Waals surface area contributed by atoms with E-state index in [0.717, 1.165) is 27.8 Å². The number of hydrogen-bond donors (Lipinski definition) is 1. The molecule has 51 heavy (non-hydrogen) atoms. The van der Waals surface area contributed by atoms with Gasteiger partial charge in [0.15, 0.2) is 0 Å². The Bertz CT molecular complexity index is 2390. The van der Waals surface area contributed by atoms with Gasteiger partial charge in [0.1, 0.15) is 0 Å². The number of rotatable bonds is 9. The number of benzene rings is 8. The zero-order valence-corrected chi connectivity index (χ0v) is 28.3. The zero-order valence-electron chi connectivity index (χ0n) is 28.3. The predicted octanol–water partition coefficient (Wildman–Crippen LogP) is 12.9. The number of fused-ring (bicyclic) bond motifs is 1. The van der Waals surface area contributed by atoms with Crippen molar-refractivity contribution in [3.05, 3.63) is 246 Å². The summed E-state index contributed by atoms with van der Waals surface area (Å²) in [4.78, 5) is 0. The molecule has 0 saturated heterocycles. The maximum atomic E-state index is 8.91. The Morgan fingerprint density at radius 2 is 0.863 bits per heavy atom. The van der Waals surface area contributed by atoms with Crippen molar-refractivity contribution >= 4 is 22.1 Å². The topological polar surface area (TPSA) is 23.9 Å². The van der Waals surface area contributed by atoms with E-state index in [1.54, 1.807) is 0 Å². The lowest BCUT2D eigenvalue weighted by atomic mass is 9.84. The molecule has 8 rings (SSSR count). The van der Waals surface area contributed by atoms with Crippen molar-refractivity contribution in [2.75, 3.05) is 0 Å². The highest BCUT2D eigenvalue weighted by atomic mass is 14.4. The second-order valence-electron chi connectivity index (χ2n) is 12.9. The van der Waals surface area contributed by atoms with Crippen LogP contribution < -0.4 is 0 Å². The molecule has 0 saturated carbocycles. The summed E-state index contributed by atoms with van der Waals surface area (Å²) in [5.41, 5.74) is 13.2. The van der Waals surface area contributed by atoms with Crippen molar-refractivity contribution in [3.63, 3.8) is 0 Å². The van der Waals surface area contributed by atoms with E-state index in [1.165, 1.54) is 44.2 Å². The molecule has 1 nitrogen and oxygen atoms in total. The van der Waals surface area contributed by atoms with Crippen molar-refractivity contribution in [1.29, 1.82) is 5.41 Å². The van der Waals surface area contributed by atoms with Gasteiger partial charge in [-0.1, -0.05) is 206 Å². The van der Waals surface area contributed by atoms with E-state index < -0.39 is 0 Å². The van der Waals surface area contributed by atoms with E-state index in [1.807, 2.05) is 42.5 Å². The molecule has 1 N–H and O–H groups in total. The van der Waals surface area contributed by atoms with Crippen molar-refractivity contribution in [2.24, 2.45) is 0 Å². The Morgan fingerprint density at radius 1 is 0.392 bits per heavy atom. The van der Waals surface area contributed by atoms with Crippen molar-refractivity contribution in [2.45, 2.75) is 5.92 Å². The Balaban J connectivity index is 1.20. The summed E-state index contributed by atoms with van der Waals surface area (Å²) in [6, 6.07) is 73.0. The van der Waals surface area contributed by atoms with Gasteiger partial charge in [-0.15, -0.1) is 0 Å². The molecule has 0 amide bonds. The third-order valence-corrected chi connectivity index (χ3v) is 9.69. The van der Waals surface area contributed by atoms with Crippen LogP contribution in [-0.2, 0) is 0 Å². The van der Waals surface area contributed by atoms with Crippen LogP contribution >= 0.6 is 0 Å². The number of nitrogens with one attached hydrogen (secondary N) is 1. The van der Waals surface area contributed by atoms with Crippen LogP contribution in [0, 0.1) is 5.41 Å². The van der Waals surface area contributed by atoms with Crippen molar-refractivity contribution < 1.29 is 0 Å². The van der Waals surface area contributed by atoms with Gasteiger partial charge >= 0.3 is 0 Å². The number of allylic oxidation sites excluding steroid dienone is 1. The van der Waals surface area contributed by atoms with E-state index in [-0.39, 0.29) is 5.92 Å². The molecule has 1 heteroatoms. The van der Waals surface area contributed by atoms with Crippen LogP contribution in [0.25, 0.3) is 38.6 Å². The average Bonchev–Trinajstić information content (AvgIpc) is 3.21. The summed E-state index contributed by atoms with van der Waals surface area (Å²) in [6.45, 7) is 0. The fraction of sp³-hybridized carbons (Fsp3) is 0.0200. The van der Waals surface area contributed by atoms with Gasteiger partial charge in [0.2, 0.25) is 0 Å². The normalized spacial score (nSPS) is 11.5. The van der Waals surface area contributed by atoms with E-state index >= 15 is 0 Å². The van der Waals surface area contributed by atoms with E-state index in [0.29, 0.717) is 5.71 Å².